The second kappa shape index (κ2) is 3.17. The SMILES string of the molecule is Brc1cnc(N2C3CCC2OC3)cn1. The smallest absolute Gasteiger partial charge is 0.149 e. The van der Waals surface area contributed by atoms with E-state index in [-0.39, 0.29) is 6.23 Å². The zero-order chi connectivity index (χ0) is 9.54. The number of ether oxygens (including phenoxy) is 1. The highest BCUT2D eigenvalue weighted by molar-refractivity contribution is 9.10. The van der Waals surface area contributed by atoms with Crippen molar-refractivity contribution in [3.05, 3.63) is 17.0 Å². The van der Waals surface area contributed by atoms with E-state index in [1.165, 1.54) is 6.42 Å². The van der Waals surface area contributed by atoms with Crippen molar-refractivity contribution in [3.63, 3.8) is 0 Å². The summed E-state index contributed by atoms with van der Waals surface area (Å²) in [6.45, 7) is 0.836. The predicted octanol–water partition coefficient (Wildman–Crippen LogP) is 1.56. The van der Waals surface area contributed by atoms with Gasteiger partial charge in [0.2, 0.25) is 0 Å². The molecule has 0 radical (unpaired) electrons. The summed E-state index contributed by atoms with van der Waals surface area (Å²) in [7, 11) is 0. The molecule has 0 spiro atoms. The Balaban J connectivity index is 1.92. The molecule has 0 amide bonds. The fourth-order valence-corrected chi connectivity index (χ4v) is 2.38. The molecule has 3 rings (SSSR count). The standard InChI is InChI=1S/C9H10BrN3O/c10-7-3-12-8(4-11-7)13-6-1-2-9(13)14-5-6/h3-4,6,9H,1-2,5H2. The third kappa shape index (κ3) is 1.23. The molecule has 2 aliphatic heterocycles. The van der Waals surface area contributed by atoms with Crippen LogP contribution in [0.2, 0.25) is 0 Å². The van der Waals surface area contributed by atoms with E-state index in [0.717, 1.165) is 23.4 Å². The van der Waals surface area contributed by atoms with Gasteiger partial charge in [0.25, 0.3) is 0 Å². The molecule has 14 heavy (non-hydrogen) atoms. The van der Waals surface area contributed by atoms with E-state index < -0.39 is 0 Å². The van der Waals surface area contributed by atoms with Crippen LogP contribution in [0.25, 0.3) is 0 Å². The van der Waals surface area contributed by atoms with Crippen molar-refractivity contribution in [1.82, 2.24) is 9.97 Å². The maximum absolute atomic E-state index is 5.60. The van der Waals surface area contributed by atoms with Crippen LogP contribution >= 0.6 is 15.9 Å². The largest absolute Gasteiger partial charge is 0.356 e. The Morgan fingerprint density at radius 2 is 2.29 bits per heavy atom. The Hall–Kier alpha value is -0.680. The number of nitrogens with zero attached hydrogens (tertiary/aromatic N) is 3. The van der Waals surface area contributed by atoms with Gasteiger partial charge in [0.05, 0.1) is 25.0 Å². The number of anilines is 1. The molecular weight excluding hydrogens is 246 g/mol. The quantitative estimate of drug-likeness (QED) is 0.764. The highest BCUT2D eigenvalue weighted by Gasteiger charge is 2.41. The lowest BCUT2D eigenvalue weighted by atomic mass is 10.2. The number of rotatable bonds is 1. The van der Waals surface area contributed by atoms with Gasteiger partial charge in [-0.05, 0) is 28.8 Å². The van der Waals surface area contributed by atoms with Crippen LogP contribution in [0.1, 0.15) is 12.8 Å². The second-order valence-electron chi connectivity index (χ2n) is 3.62. The van der Waals surface area contributed by atoms with Gasteiger partial charge in [-0.2, -0.15) is 0 Å². The molecule has 74 valence electrons. The van der Waals surface area contributed by atoms with Gasteiger partial charge in [-0.25, -0.2) is 9.97 Å². The van der Waals surface area contributed by atoms with E-state index in [0.29, 0.717) is 6.04 Å². The molecule has 0 N–H and O–H groups in total. The van der Waals surface area contributed by atoms with Crippen molar-refractivity contribution in [2.75, 3.05) is 11.5 Å². The Labute approximate surface area is 90.4 Å². The zero-order valence-electron chi connectivity index (χ0n) is 7.56. The van der Waals surface area contributed by atoms with Crippen LogP contribution in [0.3, 0.4) is 0 Å². The van der Waals surface area contributed by atoms with Crippen LogP contribution in [0.4, 0.5) is 5.82 Å². The summed E-state index contributed by atoms with van der Waals surface area (Å²) in [6.07, 6.45) is 6.08. The van der Waals surface area contributed by atoms with Gasteiger partial charge in [0, 0.05) is 0 Å². The van der Waals surface area contributed by atoms with Crippen LogP contribution in [-0.2, 0) is 4.74 Å². The zero-order valence-corrected chi connectivity index (χ0v) is 9.14. The third-order valence-corrected chi connectivity index (χ3v) is 3.21. The molecule has 0 saturated carbocycles. The van der Waals surface area contributed by atoms with Gasteiger partial charge < -0.3 is 9.64 Å². The molecule has 2 saturated heterocycles. The van der Waals surface area contributed by atoms with Crippen LogP contribution < -0.4 is 4.90 Å². The van der Waals surface area contributed by atoms with E-state index in [4.69, 9.17) is 4.74 Å². The Morgan fingerprint density at radius 3 is 2.79 bits per heavy atom. The number of aromatic nitrogens is 2. The molecular formula is C9H10BrN3O. The Morgan fingerprint density at radius 1 is 1.36 bits per heavy atom. The summed E-state index contributed by atoms with van der Waals surface area (Å²) in [5, 5.41) is 0. The minimum absolute atomic E-state index is 0.232. The number of fused-ring (bicyclic) bond motifs is 2. The Kier molecular flexibility index (Phi) is 1.95. The summed E-state index contributed by atoms with van der Waals surface area (Å²) in [4.78, 5) is 10.8. The summed E-state index contributed by atoms with van der Waals surface area (Å²) >= 11 is 3.28. The number of hydrogen-bond acceptors (Lipinski definition) is 4. The second-order valence-corrected chi connectivity index (χ2v) is 4.44. The Bertz CT molecular complexity index is 322. The van der Waals surface area contributed by atoms with Gasteiger partial charge in [-0.1, -0.05) is 0 Å². The molecule has 2 bridgehead atoms. The number of halogens is 1. The highest BCUT2D eigenvalue weighted by Crippen LogP contribution is 2.35. The van der Waals surface area contributed by atoms with E-state index in [1.54, 1.807) is 12.4 Å². The molecule has 1 aromatic rings. The van der Waals surface area contributed by atoms with Crippen molar-refractivity contribution in [1.29, 1.82) is 0 Å². The van der Waals surface area contributed by atoms with E-state index in [9.17, 15) is 0 Å². The van der Waals surface area contributed by atoms with Gasteiger partial charge >= 0.3 is 0 Å². The van der Waals surface area contributed by atoms with Crippen LogP contribution in [0.15, 0.2) is 17.0 Å². The van der Waals surface area contributed by atoms with Gasteiger partial charge in [-0.3, -0.25) is 0 Å². The molecule has 2 unspecified atom stereocenters. The lowest BCUT2D eigenvalue weighted by Crippen LogP contribution is -2.29. The predicted molar refractivity (Wildman–Crippen MR) is 55.0 cm³/mol. The molecule has 0 aromatic carbocycles. The molecule has 0 aliphatic carbocycles. The van der Waals surface area contributed by atoms with Gasteiger partial charge in [0.15, 0.2) is 0 Å². The molecule has 1 aromatic heterocycles. The minimum Gasteiger partial charge on any atom is -0.356 e. The summed E-state index contributed by atoms with van der Waals surface area (Å²) in [6, 6.07) is 0.510. The normalized spacial score (nSPS) is 29.9. The van der Waals surface area contributed by atoms with Gasteiger partial charge in [-0.15, -0.1) is 0 Å². The number of hydrogen-bond donors (Lipinski definition) is 0. The minimum atomic E-state index is 0.232. The van der Waals surface area contributed by atoms with E-state index in [2.05, 4.69) is 30.8 Å². The molecule has 5 heteroatoms. The summed E-state index contributed by atoms with van der Waals surface area (Å²) < 4.78 is 6.37. The maximum atomic E-state index is 5.60. The first kappa shape index (κ1) is 8.61. The fourth-order valence-electron chi connectivity index (χ4n) is 2.17. The monoisotopic (exact) mass is 255 g/mol. The van der Waals surface area contributed by atoms with E-state index in [1.807, 2.05) is 0 Å². The highest BCUT2D eigenvalue weighted by atomic mass is 79.9. The van der Waals surface area contributed by atoms with Crippen LogP contribution in [-0.4, -0.2) is 28.8 Å². The van der Waals surface area contributed by atoms with Crippen LogP contribution in [0, 0.1) is 0 Å². The van der Waals surface area contributed by atoms with Crippen molar-refractivity contribution in [2.24, 2.45) is 0 Å². The first-order valence-electron chi connectivity index (χ1n) is 4.72. The molecule has 2 fully saturated rings. The molecule has 2 atom stereocenters. The molecule has 4 nitrogen and oxygen atoms in total. The molecule has 3 heterocycles. The van der Waals surface area contributed by atoms with Crippen molar-refractivity contribution in [3.8, 4) is 0 Å². The molecule has 2 aliphatic rings. The lowest BCUT2D eigenvalue weighted by Gasteiger charge is -2.20. The first-order valence-corrected chi connectivity index (χ1v) is 5.51. The maximum Gasteiger partial charge on any atom is 0.149 e. The topological polar surface area (TPSA) is 38.2 Å². The summed E-state index contributed by atoms with van der Waals surface area (Å²) in [5.74, 6) is 0.929. The lowest BCUT2D eigenvalue weighted by molar-refractivity contribution is 0.0858. The average Bonchev–Trinajstić information content (AvgIpc) is 2.78. The van der Waals surface area contributed by atoms with Crippen molar-refractivity contribution < 1.29 is 4.74 Å². The van der Waals surface area contributed by atoms with Crippen LogP contribution in [0.5, 0.6) is 0 Å². The van der Waals surface area contributed by atoms with Gasteiger partial charge in [0.1, 0.15) is 16.6 Å². The first-order chi connectivity index (χ1) is 6.84. The van der Waals surface area contributed by atoms with E-state index >= 15 is 0 Å². The van der Waals surface area contributed by atoms with Crippen molar-refractivity contribution >= 4 is 21.7 Å². The fraction of sp³-hybridized carbons (Fsp3) is 0.556. The van der Waals surface area contributed by atoms with Crippen molar-refractivity contribution in [2.45, 2.75) is 25.1 Å². The third-order valence-electron chi connectivity index (χ3n) is 2.80. The summed E-state index contributed by atoms with van der Waals surface area (Å²) in [5.41, 5.74) is 0. The average molecular weight is 256 g/mol.